The SMILES string of the molecule is CCOc1cc(C2=NN(C(=O)c3sc(-c4ccc(NNC(C#N)C#N)cc4)nc3C)CCC2)ccc1OC. The van der Waals surface area contributed by atoms with Crippen LogP contribution in [0, 0.1) is 29.6 Å². The molecule has 0 spiro atoms. The molecule has 0 fully saturated rings. The molecule has 1 aliphatic heterocycles. The number of hydrogen-bond donors (Lipinski definition) is 2. The standard InChI is InChI=1S/C27H27N7O3S/c1-4-37-24-14-19(9-12-23(24)36-3)22-6-5-13-34(33-22)27(35)25-17(2)30-26(38-25)18-7-10-20(11-8-18)31-32-21(15-28)16-29/h7-12,14,21,31-32H,4-6,13H2,1-3H3. The molecule has 11 heteroatoms. The van der Waals surface area contributed by atoms with E-state index in [1.165, 1.54) is 16.3 Å². The second kappa shape index (κ2) is 12.2. The van der Waals surface area contributed by atoms with Crippen molar-refractivity contribution < 1.29 is 14.3 Å². The predicted molar refractivity (Wildman–Crippen MR) is 145 cm³/mol. The van der Waals surface area contributed by atoms with E-state index in [0.29, 0.717) is 40.9 Å². The normalized spacial score (nSPS) is 12.9. The second-order valence-corrected chi connectivity index (χ2v) is 9.35. The molecule has 1 aromatic heterocycles. The minimum Gasteiger partial charge on any atom is -0.493 e. The van der Waals surface area contributed by atoms with Crippen LogP contribution in [0.25, 0.3) is 10.6 Å². The average Bonchev–Trinajstić information content (AvgIpc) is 3.35. The van der Waals surface area contributed by atoms with Gasteiger partial charge in [-0.2, -0.15) is 15.6 Å². The molecule has 2 N–H and O–H groups in total. The third-order valence-electron chi connectivity index (χ3n) is 5.80. The van der Waals surface area contributed by atoms with Crippen LogP contribution in [0.5, 0.6) is 11.5 Å². The van der Waals surface area contributed by atoms with Gasteiger partial charge in [-0.25, -0.2) is 15.4 Å². The van der Waals surface area contributed by atoms with Crippen molar-refractivity contribution in [3.63, 3.8) is 0 Å². The Kier molecular flexibility index (Phi) is 8.54. The molecule has 10 nitrogen and oxygen atoms in total. The van der Waals surface area contributed by atoms with Crippen LogP contribution in [0.2, 0.25) is 0 Å². The van der Waals surface area contributed by atoms with Gasteiger partial charge in [0, 0.05) is 23.4 Å². The third kappa shape index (κ3) is 5.92. The summed E-state index contributed by atoms with van der Waals surface area (Å²) in [5, 5.41) is 24.6. The maximum atomic E-state index is 13.4. The number of nitriles is 2. The molecule has 194 valence electrons. The lowest BCUT2D eigenvalue weighted by molar-refractivity contribution is 0.0755. The monoisotopic (exact) mass is 529 g/mol. The molecule has 2 heterocycles. The number of carbonyl (C=O) groups is 1. The van der Waals surface area contributed by atoms with Gasteiger partial charge in [-0.3, -0.25) is 4.79 Å². The lowest BCUT2D eigenvalue weighted by Crippen LogP contribution is -2.32. The number of aryl methyl sites for hydroxylation is 1. The highest BCUT2D eigenvalue weighted by Gasteiger charge is 2.25. The van der Waals surface area contributed by atoms with E-state index in [1.807, 2.05) is 56.3 Å². The molecule has 0 atom stereocenters. The number of nitrogens with zero attached hydrogens (tertiary/aromatic N) is 5. The molecule has 0 bridgehead atoms. The van der Waals surface area contributed by atoms with E-state index < -0.39 is 6.04 Å². The maximum absolute atomic E-state index is 13.4. The fraction of sp³-hybridized carbons (Fsp3) is 0.296. The molecule has 4 rings (SSSR count). The Morgan fingerprint density at radius 2 is 1.89 bits per heavy atom. The van der Waals surface area contributed by atoms with E-state index >= 15 is 0 Å². The van der Waals surface area contributed by atoms with Gasteiger partial charge in [0.05, 0.1) is 37.3 Å². The Hall–Kier alpha value is -4.45. The van der Waals surface area contributed by atoms with Gasteiger partial charge < -0.3 is 14.9 Å². The largest absolute Gasteiger partial charge is 0.493 e. The van der Waals surface area contributed by atoms with Crippen molar-refractivity contribution in [2.75, 3.05) is 25.7 Å². The van der Waals surface area contributed by atoms with Crippen LogP contribution in [-0.4, -0.2) is 47.9 Å². The number of amides is 1. The quantitative estimate of drug-likeness (QED) is 0.387. The van der Waals surface area contributed by atoms with Crippen molar-refractivity contribution in [3.05, 3.63) is 58.6 Å². The summed E-state index contributed by atoms with van der Waals surface area (Å²) in [5.41, 5.74) is 9.37. The van der Waals surface area contributed by atoms with Gasteiger partial charge in [-0.15, -0.1) is 11.3 Å². The summed E-state index contributed by atoms with van der Waals surface area (Å²) in [6.07, 6.45) is 1.56. The molecule has 0 aliphatic carbocycles. The average molecular weight is 530 g/mol. The number of anilines is 1. The van der Waals surface area contributed by atoms with Crippen molar-refractivity contribution >= 4 is 28.6 Å². The lowest BCUT2D eigenvalue weighted by Gasteiger charge is -2.23. The van der Waals surface area contributed by atoms with Crippen molar-refractivity contribution in [1.29, 1.82) is 10.5 Å². The van der Waals surface area contributed by atoms with E-state index in [4.69, 9.17) is 25.1 Å². The van der Waals surface area contributed by atoms with E-state index in [9.17, 15) is 4.79 Å². The first-order chi connectivity index (χ1) is 18.5. The van der Waals surface area contributed by atoms with Gasteiger partial charge in [0.2, 0.25) is 0 Å². The molecule has 0 saturated heterocycles. The van der Waals surface area contributed by atoms with E-state index in [-0.39, 0.29) is 5.91 Å². The summed E-state index contributed by atoms with van der Waals surface area (Å²) in [7, 11) is 1.60. The first kappa shape index (κ1) is 26.6. The van der Waals surface area contributed by atoms with Crippen molar-refractivity contribution in [2.45, 2.75) is 32.7 Å². The van der Waals surface area contributed by atoms with Gasteiger partial charge >= 0.3 is 0 Å². The number of ether oxygens (including phenoxy) is 2. The summed E-state index contributed by atoms with van der Waals surface area (Å²) in [6, 6.07) is 15.7. The Balaban J connectivity index is 1.51. The predicted octanol–water partition coefficient (Wildman–Crippen LogP) is 4.50. The minimum atomic E-state index is -0.959. The Morgan fingerprint density at radius 3 is 2.58 bits per heavy atom. The molecule has 0 unspecified atom stereocenters. The van der Waals surface area contributed by atoms with E-state index in [0.717, 1.165) is 34.7 Å². The van der Waals surface area contributed by atoms with Crippen LogP contribution in [0.1, 0.15) is 40.7 Å². The Labute approximate surface area is 225 Å². The molecule has 1 amide bonds. The highest BCUT2D eigenvalue weighted by Crippen LogP contribution is 2.32. The number of nitrogens with one attached hydrogen (secondary N) is 2. The molecule has 0 radical (unpaired) electrons. The van der Waals surface area contributed by atoms with Gasteiger partial charge in [0.15, 0.2) is 17.5 Å². The molecule has 0 saturated carbocycles. The molecular formula is C27H27N7O3S. The first-order valence-electron chi connectivity index (χ1n) is 12.1. The number of benzene rings is 2. The fourth-order valence-electron chi connectivity index (χ4n) is 3.90. The minimum absolute atomic E-state index is 0.177. The van der Waals surface area contributed by atoms with Crippen LogP contribution >= 0.6 is 11.3 Å². The third-order valence-corrected chi connectivity index (χ3v) is 6.99. The number of carbonyl (C=O) groups excluding carboxylic acids is 1. The Morgan fingerprint density at radius 1 is 1.16 bits per heavy atom. The first-order valence-corrected chi connectivity index (χ1v) is 12.9. The highest BCUT2D eigenvalue weighted by molar-refractivity contribution is 7.17. The summed E-state index contributed by atoms with van der Waals surface area (Å²) in [5.74, 6) is 1.12. The van der Waals surface area contributed by atoms with Crippen LogP contribution in [0.15, 0.2) is 47.6 Å². The van der Waals surface area contributed by atoms with Gasteiger partial charge in [-0.1, -0.05) is 0 Å². The fourth-order valence-corrected chi connectivity index (χ4v) is 4.91. The van der Waals surface area contributed by atoms with Crippen LogP contribution in [0.4, 0.5) is 5.69 Å². The highest BCUT2D eigenvalue weighted by atomic mass is 32.1. The second-order valence-electron chi connectivity index (χ2n) is 8.35. The number of aromatic nitrogens is 1. The summed E-state index contributed by atoms with van der Waals surface area (Å²) < 4.78 is 11.1. The van der Waals surface area contributed by atoms with E-state index in [2.05, 4.69) is 15.8 Å². The Bertz CT molecular complexity index is 1410. The maximum Gasteiger partial charge on any atom is 0.285 e. The molecule has 2 aromatic carbocycles. The zero-order valence-corrected chi connectivity index (χ0v) is 22.1. The zero-order chi connectivity index (χ0) is 27.1. The number of hydrazone groups is 1. The molecule has 38 heavy (non-hydrogen) atoms. The summed E-state index contributed by atoms with van der Waals surface area (Å²) in [4.78, 5) is 18.6. The van der Waals surface area contributed by atoms with Crippen LogP contribution in [0.3, 0.4) is 0 Å². The number of methoxy groups -OCH3 is 1. The molecular weight excluding hydrogens is 502 g/mol. The number of hydrazine groups is 1. The van der Waals surface area contributed by atoms with Gasteiger partial charge in [0.1, 0.15) is 9.88 Å². The van der Waals surface area contributed by atoms with Crippen LogP contribution < -0.4 is 20.3 Å². The van der Waals surface area contributed by atoms with E-state index in [1.54, 1.807) is 19.2 Å². The molecule has 1 aliphatic rings. The number of thiazole rings is 1. The smallest absolute Gasteiger partial charge is 0.285 e. The number of rotatable bonds is 9. The van der Waals surface area contributed by atoms with Crippen molar-refractivity contribution in [1.82, 2.24) is 15.4 Å². The topological polar surface area (TPSA) is 136 Å². The van der Waals surface area contributed by atoms with Gasteiger partial charge in [0.25, 0.3) is 5.91 Å². The molecule has 3 aromatic rings. The lowest BCUT2D eigenvalue weighted by atomic mass is 10.0. The van der Waals surface area contributed by atoms with Crippen molar-refractivity contribution in [2.24, 2.45) is 5.10 Å². The zero-order valence-electron chi connectivity index (χ0n) is 21.3. The number of hydrogen-bond acceptors (Lipinski definition) is 10. The van der Waals surface area contributed by atoms with Crippen LogP contribution in [-0.2, 0) is 0 Å². The summed E-state index contributed by atoms with van der Waals surface area (Å²) >= 11 is 1.33. The van der Waals surface area contributed by atoms with Gasteiger partial charge in [-0.05, 0) is 69.2 Å². The van der Waals surface area contributed by atoms with Crippen molar-refractivity contribution in [3.8, 4) is 34.2 Å². The summed E-state index contributed by atoms with van der Waals surface area (Å²) in [6.45, 7) is 4.79.